The number of nitrogens with two attached hydrogens (primary N) is 1. The van der Waals surface area contributed by atoms with E-state index in [1.807, 2.05) is 32.0 Å². The van der Waals surface area contributed by atoms with Gasteiger partial charge < -0.3 is 15.8 Å². The number of hydrogen-bond acceptors (Lipinski definition) is 7. The Morgan fingerprint density at radius 1 is 0.912 bits per heavy atom. The van der Waals surface area contributed by atoms with Crippen LogP contribution >= 0.6 is 11.3 Å². The number of benzene rings is 3. The van der Waals surface area contributed by atoms with Gasteiger partial charge in [0.2, 0.25) is 15.6 Å². The lowest BCUT2D eigenvalue weighted by molar-refractivity contribution is 0.104. The van der Waals surface area contributed by atoms with Crippen LogP contribution in [0.4, 0.5) is 16.4 Å². The van der Waals surface area contributed by atoms with Crippen molar-refractivity contribution < 1.29 is 17.9 Å². The summed E-state index contributed by atoms with van der Waals surface area (Å²) >= 11 is 1.04. The van der Waals surface area contributed by atoms with Gasteiger partial charge in [0.15, 0.2) is 0 Å². The van der Waals surface area contributed by atoms with Gasteiger partial charge in [-0.25, -0.2) is 8.42 Å². The van der Waals surface area contributed by atoms with Crippen LogP contribution in [0.25, 0.3) is 0 Å². The number of thiophene rings is 1. The summed E-state index contributed by atoms with van der Waals surface area (Å²) in [6, 6.07) is 20.5. The lowest BCUT2D eigenvalue weighted by Crippen LogP contribution is -2.08. The molecule has 3 N–H and O–H groups in total. The number of ether oxygens (including phenoxy) is 1. The van der Waals surface area contributed by atoms with Gasteiger partial charge >= 0.3 is 0 Å². The molecule has 4 rings (SSSR count). The molecule has 0 aliphatic rings. The van der Waals surface area contributed by atoms with Gasteiger partial charge in [-0.1, -0.05) is 36.4 Å². The topological polar surface area (TPSA) is 98.5 Å². The summed E-state index contributed by atoms with van der Waals surface area (Å²) < 4.78 is 32.5. The first-order chi connectivity index (χ1) is 16.2. The van der Waals surface area contributed by atoms with Gasteiger partial charge in [-0.2, -0.15) is 0 Å². The van der Waals surface area contributed by atoms with E-state index in [0.717, 1.165) is 28.2 Å². The van der Waals surface area contributed by atoms with E-state index in [1.54, 1.807) is 49.6 Å². The second-order valence-electron chi connectivity index (χ2n) is 7.77. The number of rotatable bonds is 7. The molecule has 0 bridgehead atoms. The summed E-state index contributed by atoms with van der Waals surface area (Å²) in [5.74, 6) is 0.254. The molecule has 0 saturated heterocycles. The molecule has 6 nitrogen and oxygen atoms in total. The number of hydrogen-bond donors (Lipinski definition) is 2. The molecule has 4 aromatic rings. The van der Waals surface area contributed by atoms with Gasteiger partial charge in [0.05, 0.1) is 17.7 Å². The summed E-state index contributed by atoms with van der Waals surface area (Å²) in [5.41, 5.74) is 9.38. The molecule has 0 amide bonds. The van der Waals surface area contributed by atoms with Crippen molar-refractivity contribution in [2.75, 3.05) is 18.2 Å². The Morgan fingerprint density at radius 3 is 2.12 bits per heavy atom. The van der Waals surface area contributed by atoms with Crippen LogP contribution < -0.4 is 15.8 Å². The maximum Gasteiger partial charge on any atom is 0.211 e. The highest BCUT2D eigenvalue weighted by molar-refractivity contribution is 7.92. The molecule has 0 atom stereocenters. The van der Waals surface area contributed by atoms with E-state index in [1.165, 1.54) is 12.1 Å². The second-order valence-corrected chi connectivity index (χ2v) is 10.7. The largest absolute Gasteiger partial charge is 0.497 e. The quantitative estimate of drug-likeness (QED) is 0.318. The van der Waals surface area contributed by atoms with E-state index in [9.17, 15) is 13.2 Å². The maximum atomic E-state index is 13.7. The van der Waals surface area contributed by atoms with Crippen molar-refractivity contribution in [2.45, 2.75) is 23.6 Å². The molecule has 0 fully saturated rings. The number of ketones is 1. The first-order valence-corrected chi connectivity index (χ1v) is 12.8. The molecule has 0 aliphatic heterocycles. The van der Waals surface area contributed by atoms with Crippen LogP contribution in [0.5, 0.6) is 5.75 Å². The van der Waals surface area contributed by atoms with E-state index < -0.39 is 9.84 Å². The predicted molar refractivity (Wildman–Crippen MR) is 136 cm³/mol. The number of carbonyl (C=O) groups is 1. The van der Waals surface area contributed by atoms with Crippen LogP contribution in [-0.2, 0) is 9.84 Å². The average molecular weight is 493 g/mol. The molecule has 0 unspecified atom stereocenters. The predicted octanol–water partition coefficient (Wildman–Crippen LogP) is 5.76. The fraction of sp³-hybridized carbons (Fsp3) is 0.115. The van der Waals surface area contributed by atoms with Gasteiger partial charge in [0, 0.05) is 11.3 Å². The van der Waals surface area contributed by atoms with Gasteiger partial charge in [-0.15, -0.1) is 11.3 Å². The van der Waals surface area contributed by atoms with Gasteiger partial charge in [-0.3, -0.25) is 4.79 Å². The number of nitrogen functional groups attached to an aromatic ring is 1. The molecule has 1 aromatic heterocycles. The van der Waals surface area contributed by atoms with Crippen molar-refractivity contribution in [3.8, 4) is 5.75 Å². The van der Waals surface area contributed by atoms with Crippen LogP contribution in [0.3, 0.4) is 0 Å². The summed E-state index contributed by atoms with van der Waals surface area (Å²) in [6.45, 7) is 3.86. The number of carbonyl (C=O) groups excluding carboxylic acids is 1. The Kier molecular flexibility index (Phi) is 6.45. The highest BCUT2D eigenvalue weighted by Gasteiger charge is 2.32. The molecule has 1 heterocycles. The van der Waals surface area contributed by atoms with Crippen LogP contribution in [0.1, 0.15) is 26.4 Å². The zero-order chi connectivity index (χ0) is 24.5. The Bertz CT molecular complexity index is 1440. The SMILES string of the molecule is COc1ccc(C(=O)c2sc(Nc3c(C)cccc3C)c(S(=O)(=O)c3ccccc3)c2N)cc1. The lowest BCUT2D eigenvalue weighted by Gasteiger charge is -2.13. The van der Waals surface area contributed by atoms with E-state index in [4.69, 9.17) is 10.5 Å². The molecule has 34 heavy (non-hydrogen) atoms. The smallest absolute Gasteiger partial charge is 0.211 e. The highest BCUT2D eigenvalue weighted by Crippen LogP contribution is 2.44. The van der Waals surface area contributed by atoms with Crippen LogP contribution in [-0.4, -0.2) is 21.3 Å². The summed E-state index contributed by atoms with van der Waals surface area (Å²) in [6.07, 6.45) is 0. The molecule has 0 spiro atoms. The number of nitrogens with one attached hydrogen (secondary N) is 1. The minimum absolute atomic E-state index is 0.0663. The van der Waals surface area contributed by atoms with E-state index in [2.05, 4.69) is 5.32 Å². The Morgan fingerprint density at radius 2 is 1.53 bits per heavy atom. The maximum absolute atomic E-state index is 13.7. The van der Waals surface area contributed by atoms with Crippen molar-refractivity contribution in [1.82, 2.24) is 0 Å². The molecule has 3 aromatic carbocycles. The molecule has 0 radical (unpaired) electrons. The zero-order valence-corrected chi connectivity index (χ0v) is 20.6. The third-order valence-corrected chi connectivity index (χ3v) is 8.60. The number of sulfone groups is 1. The van der Waals surface area contributed by atoms with Crippen molar-refractivity contribution in [3.63, 3.8) is 0 Å². The van der Waals surface area contributed by atoms with Crippen LogP contribution in [0.2, 0.25) is 0 Å². The second kappa shape index (κ2) is 9.32. The standard InChI is InChI=1S/C26H24N2O4S2/c1-16-8-7-9-17(2)22(16)28-26-25(34(30,31)20-10-5-4-6-11-20)21(27)24(33-26)23(29)18-12-14-19(32-3)15-13-18/h4-15,28H,27H2,1-3H3. The van der Waals surface area contributed by atoms with Crippen molar-refractivity contribution in [3.05, 3.63) is 94.4 Å². The number of anilines is 3. The fourth-order valence-electron chi connectivity index (χ4n) is 3.66. The number of para-hydroxylation sites is 1. The molecule has 0 saturated carbocycles. The summed E-state index contributed by atoms with van der Waals surface area (Å²) in [7, 11) is -2.46. The first-order valence-electron chi connectivity index (χ1n) is 10.5. The minimum atomic E-state index is -4.00. The van der Waals surface area contributed by atoms with E-state index in [0.29, 0.717) is 16.3 Å². The first kappa shape index (κ1) is 23.5. The Balaban J connectivity index is 1.89. The average Bonchev–Trinajstić information content (AvgIpc) is 3.18. The van der Waals surface area contributed by atoms with Crippen molar-refractivity contribution >= 4 is 43.3 Å². The molecule has 0 aliphatic carbocycles. The number of aryl methyl sites for hydroxylation is 2. The summed E-state index contributed by atoms with van der Waals surface area (Å²) in [4.78, 5) is 13.5. The number of methoxy groups -OCH3 is 1. The van der Waals surface area contributed by atoms with E-state index in [-0.39, 0.29) is 26.1 Å². The van der Waals surface area contributed by atoms with E-state index >= 15 is 0 Å². The molecular weight excluding hydrogens is 468 g/mol. The molecule has 174 valence electrons. The van der Waals surface area contributed by atoms with Crippen molar-refractivity contribution in [1.29, 1.82) is 0 Å². The summed E-state index contributed by atoms with van der Waals surface area (Å²) in [5, 5.41) is 3.56. The zero-order valence-electron chi connectivity index (χ0n) is 19.0. The van der Waals surface area contributed by atoms with Gasteiger partial charge in [0.25, 0.3) is 0 Å². The monoisotopic (exact) mass is 492 g/mol. The third kappa shape index (κ3) is 4.30. The molecule has 8 heteroatoms. The van der Waals surface area contributed by atoms with Crippen LogP contribution in [0.15, 0.2) is 82.6 Å². The van der Waals surface area contributed by atoms with Gasteiger partial charge in [0.1, 0.15) is 20.5 Å². The van der Waals surface area contributed by atoms with Gasteiger partial charge in [-0.05, 0) is 61.4 Å². The highest BCUT2D eigenvalue weighted by atomic mass is 32.2. The minimum Gasteiger partial charge on any atom is -0.497 e. The molecular formula is C26H24N2O4S2. The fourth-order valence-corrected chi connectivity index (χ4v) is 6.60. The lowest BCUT2D eigenvalue weighted by atomic mass is 10.1. The van der Waals surface area contributed by atoms with Crippen LogP contribution in [0, 0.1) is 13.8 Å². The Hall–Kier alpha value is -3.62. The third-order valence-electron chi connectivity index (χ3n) is 5.50. The normalized spacial score (nSPS) is 11.3. The Labute approximate surface area is 202 Å². The van der Waals surface area contributed by atoms with Crippen molar-refractivity contribution in [2.24, 2.45) is 0 Å².